The van der Waals surface area contributed by atoms with Crippen molar-refractivity contribution in [2.75, 3.05) is 23.4 Å². The molecule has 0 spiro atoms. The van der Waals surface area contributed by atoms with E-state index in [-0.39, 0.29) is 29.4 Å². The van der Waals surface area contributed by atoms with E-state index in [2.05, 4.69) is 10.6 Å². The topological polar surface area (TPSA) is 75.3 Å². The minimum atomic E-state index is -2.88. The molecule has 20 heavy (non-hydrogen) atoms. The first-order valence-electron chi connectivity index (χ1n) is 6.89. The van der Waals surface area contributed by atoms with Crippen LogP contribution in [0.1, 0.15) is 24.3 Å². The standard InChI is InChI=1S/C14H18N2O3S/c17-14(16-10-5-7-20(18,19)8-6-10)12-9-15-13-4-2-1-3-11(12)13/h1-4,10,12,15H,5-9H2,(H,16,17). The van der Waals surface area contributed by atoms with Crippen molar-refractivity contribution < 1.29 is 13.2 Å². The van der Waals surface area contributed by atoms with Crippen LogP contribution in [0.3, 0.4) is 0 Å². The number of para-hydroxylation sites is 1. The highest BCUT2D eigenvalue weighted by Crippen LogP contribution is 2.31. The zero-order valence-electron chi connectivity index (χ0n) is 11.1. The normalized spacial score (nSPS) is 24.7. The van der Waals surface area contributed by atoms with Crippen molar-refractivity contribution >= 4 is 21.4 Å². The maximum atomic E-state index is 12.3. The Kier molecular flexibility index (Phi) is 3.41. The number of benzene rings is 1. The Bertz CT molecular complexity index is 613. The maximum Gasteiger partial charge on any atom is 0.229 e. The highest BCUT2D eigenvalue weighted by molar-refractivity contribution is 7.91. The quantitative estimate of drug-likeness (QED) is 0.849. The number of fused-ring (bicyclic) bond motifs is 1. The minimum Gasteiger partial charge on any atom is -0.384 e. The highest BCUT2D eigenvalue weighted by atomic mass is 32.2. The smallest absolute Gasteiger partial charge is 0.229 e. The van der Waals surface area contributed by atoms with Crippen molar-refractivity contribution in [1.29, 1.82) is 0 Å². The largest absolute Gasteiger partial charge is 0.384 e. The van der Waals surface area contributed by atoms with E-state index in [9.17, 15) is 13.2 Å². The number of rotatable bonds is 2. The molecule has 2 aliphatic heterocycles. The van der Waals surface area contributed by atoms with Gasteiger partial charge in [0.25, 0.3) is 0 Å². The molecule has 1 saturated heterocycles. The molecule has 3 rings (SSSR count). The number of carbonyl (C=O) groups is 1. The summed E-state index contributed by atoms with van der Waals surface area (Å²) in [6.45, 7) is 0.607. The number of anilines is 1. The van der Waals surface area contributed by atoms with E-state index in [0.717, 1.165) is 11.3 Å². The second kappa shape index (κ2) is 5.09. The summed E-state index contributed by atoms with van der Waals surface area (Å²) in [6.07, 6.45) is 1.05. The van der Waals surface area contributed by atoms with E-state index in [1.807, 2.05) is 24.3 Å². The molecule has 0 aliphatic carbocycles. The van der Waals surface area contributed by atoms with Gasteiger partial charge in [0.2, 0.25) is 5.91 Å². The Morgan fingerprint density at radius 3 is 2.65 bits per heavy atom. The van der Waals surface area contributed by atoms with Crippen LogP contribution in [-0.2, 0) is 14.6 Å². The van der Waals surface area contributed by atoms with Gasteiger partial charge in [-0.2, -0.15) is 0 Å². The SMILES string of the molecule is O=C(NC1CCS(=O)(=O)CC1)C1CNc2ccccc21. The van der Waals surface area contributed by atoms with Crippen molar-refractivity contribution in [3.8, 4) is 0 Å². The lowest BCUT2D eigenvalue weighted by Gasteiger charge is -2.24. The Morgan fingerprint density at radius 2 is 1.90 bits per heavy atom. The predicted molar refractivity (Wildman–Crippen MR) is 77.5 cm³/mol. The van der Waals surface area contributed by atoms with Crippen molar-refractivity contribution in [2.24, 2.45) is 0 Å². The first-order chi connectivity index (χ1) is 9.55. The average molecular weight is 294 g/mol. The van der Waals surface area contributed by atoms with Crippen LogP contribution >= 0.6 is 0 Å². The molecule has 1 aromatic carbocycles. The molecule has 2 heterocycles. The van der Waals surface area contributed by atoms with Crippen LogP contribution < -0.4 is 10.6 Å². The van der Waals surface area contributed by atoms with Gasteiger partial charge in [-0.1, -0.05) is 18.2 Å². The van der Waals surface area contributed by atoms with Crippen LogP contribution in [0.15, 0.2) is 24.3 Å². The van der Waals surface area contributed by atoms with Gasteiger partial charge in [0.1, 0.15) is 9.84 Å². The van der Waals surface area contributed by atoms with Gasteiger partial charge in [-0.3, -0.25) is 4.79 Å². The molecule has 6 heteroatoms. The van der Waals surface area contributed by atoms with Crippen LogP contribution in [0.2, 0.25) is 0 Å². The summed E-state index contributed by atoms with van der Waals surface area (Å²) in [5, 5.41) is 6.22. The Morgan fingerprint density at radius 1 is 1.20 bits per heavy atom. The zero-order valence-corrected chi connectivity index (χ0v) is 11.9. The van der Waals surface area contributed by atoms with Gasteiger partial charge in [0.05, 0.1) is 17.4 Å². The van der Waals surface area contributed by atoms with E-state index in [1.54, 1.807) is 0 Å². The first-order valence-corrected chi connectivity index (χ1v) is 8.71. The molecule has 0 saturated carbocycles. The van der Waals surface area contributed by atoms with Crippen LogP contribution in [0.5, 0.6) is 0 Å². The number of hydrogen-bond acceptors (Lipinski definition) is 4. The molecule has 1 unspecified atom stereocenters. The molecule has 2 N–H and O–H groups in total. The summed E-state index contributed by atoms with van der Waals surface area (Å²) in [7, 11) is -2.88. The lowest BCUT2D eigenvalue weighted by atomic mass is 9.99. The lowest BCUT2D eigenvalue weighted by Crippen LogP contribution is -2.43. The second-order valence-corrected chi connectivity index (χ2v) is 7.76. The van der Waals surface area contributed by atoms with Crippen molar-refractivity contribution in [3.63, 3.8) is 0 Å². The summed E-state index contributed by atoms with van der Waals surface area (Å²) < 4.78 is 22.8. The molecule has 1 amide bonds. The number of nitrogens with one attached hydrogen (secondary N) is 2. The zero-order chi connectivity index (χ0) is 14.2. The van der Waals surface area contributed by atoms with Gasteiger partial charge in [0.15, 0.2) is 0 Å². The fourth-order valence-corrected chi connectivity index (χ4v) is 4.35. The van der Waals surface area contributed by atoms with Crippen LogP contribution in [-0.4, -0.2) is 38.4 Å². The molecule has 108 valence electrons. The molecule has 5 nitrogen and oxygen atoms in total. The number of carbonyl (C=O) groups excluding carboxylic acids is 1. The maximum absolute atomic E-state index is 12.3. The highest BCUT2D eigenvalue weighted by Gasteiger charge is 2.31. The van der Waals surface area contributed by atoms with Crippen LogP contribution in [0.25, 0.3) is 0 Å². The van der Waals surface area contributed by atoms with E-state index < -0.39 is 9.84 Å². The van der Waals surface area contributed by atoms with Crippen LogP contribution in [0, 0.1) is 0 Å². The molecule has 2 aliphatic rings. The van der Waals surface area contributed by atoms with E-state index >= 15 is 0 Å². The van der Waals surface area contributed by atoms with Gasteiger partial charge < -0.3 is 10.6 Å². The summed E-state index contributed by atoms with van der Waals surface area (Å²) in [6, 6.07) is 7.79. The summed E-state index contributed by atoms with van der Waals surface area (Å²) in [5.74, 6) is 0.172. The summed E-state index contributed by atoms with van der Waals surface area (Å²) in [4.78, 5) is 12.3. The van der Waals surface area contributed by atoms with E-state index in [0.29, 0.717) is 19.4 Å². The Labute approximate surface area is 118 Å². The van der Waals surface area contributed by atoms with Gasteiger partial charge in [-0.15, -0.1) is 0 Å². The molecular weight excluding hydrogens is 276 g/mol. The fourth-order valence-electron chi connectivity index (χ4n) is 2.85. The summed E-state index contributed by atoms with van der Waals surface area (Å²) in [5.41, 5.74) is 2.03. The second-order valence-electron chi connectivity index (χ2n) is 5.46. The summed E-state index contributed by atoms with van der Waals surface area (Å²) >= 11 is 0. The first kappa shape index (κ1) is 13.4. The fraction of sp³-hybridized carbons (Fsp3) is 0.500. The monoisotopic (exact) mass is 294 g/mol. The van der Waals surface area contributed by atoms with Gasteiger partial charge in [-0.05, 0) is 24.5 Å². The van der Waals surface area contributed by atoms with Crippen molar-refractivity contribution in [2.45, 2.75) is 24.8 Å². The molecule has 0 radical (unpaired) electrons. The van der Waals surface area contributed by atoms with E-state index in [1.165, 1.54) is 0 Å². The van der Waals surface area contributed by atoms with Crippen molar-refractivity contribution in [1.82, 2.24) is 5.32 Å². The third kappa shape index (κ3) is 2.65. The molecule has 1 fully saturated rings. The minimum absolute atomic E-state index is 0.00764. The van der Waals surface area contributed by atoms with Crippen molar-refractivity contribution in [3.05, 3.63) is 29.8 Å². The third-order valence-electron chi connectivity index (χ3n) is 4.05. The average Bonchev–Trinajstić information content (AvgIpc) is 2.85. The molecule has 0 aromatic heterocycles. The third-order valence-corrected chi connectivity index (χ3v) is 5.77. The predicted octanol–water partition coefficient (Wildman–Crippen LogP) is 0.889. The molecular formula is C14H18N2O3S. The van der Waals surface area contributed by atoms with E-state index in [4.69, 9.17) is 0 Å². The van der Waals surface area contributed by atoms with Gasteiger partial charge in [0, 0.05) is 18.3 Å². The number of hydrogen-bond donors (Lipinski definition) is 2. The number of sulfone groups is 1. The van der Waals surface area contributed by atoms with Gasteiger partial charge in [-0.25, -0.2) is 8.42 Å². The number of amides is 1. The Hall–Kier alpha value is -1.56. The molecule has 1 aromatic rings. The Balaban J connectivity index is 1.64. The van der Waals surface area contributed by atoms with Gasteiger partial charge >= 0.3 is 0 Å². The lowest BCUT2D eigenvalue weighted by molar-refractivity contribution is -0.122. The molecule has 0 bridgehead atoms. The molecule has 1 atom stereocenters. The van der Waals surface area contributed by atoms with Crippen LogP contribution in [0.4, 0.5) is 5.69 Å².